The van der Waals surface area contributed by atoms with Crippen LogP contribution in [0.25, 0.3) is 11.0 Å². The Hall–Kier alpha value is -0.940. The summed E-state index contributed by atoms with van der Waals surface area (Å²) in [7, 11) is 0. The Morgan fingerprint density at radius 1 is 1.35 bits per heavy atom. The monoisotopic (exact) mass is 322 g/mol. The topological polar surface area (TPSA) is 17.8 Å². The highest BCUT2D eigenvalue weighted by Gasteiger charge is 2.66. The van der Waals surface area contributed by atoms with Crippen LogP contribution in [0.2, 0.25) is 5.02 Å². The summed E-state index contributed by atoms with van der Waals surface area (Å²) in [6.45, 7) is 1.61. The molecule has 0 amide bonds. The lowest BCUT2D eigenvalue weighted by Crippen LogP contribution is -2.36. The number of benzene rings is 1. The molecule has 3 rings (SSSR count). The van der Waals surface area contributed by atoms with Gasteiger partial charge in [0.1, 0.15) is 11.4 Å². The van der Waals surface area contributed by atoms with E-state index in [4.69, 9.17) is 23.2 Å². The first-order chi connectivity index (χ1) is 9.28. The van der Waals surface area contributed by atoms with E-state index in [-0.39, 0.29) is 23.7 Å². The molecule has 7 heteroatoms. The molecular weight excluding hydrogens is 312 g/mol. The van der Waals surface area contributed by atoms with Crippen molar-refractivity contribution in [3.63, 3.8) is 0 Å². The van der Waals surface area contributed by atoms with Crippen LogP contribution in [0, 0.1) is 0 Å². The number of fused-ring (bicyclic) bond motifs is 1. The van der Waals surface area contributed by atoms with E-state index < -0.39 is 17.1 Å². The third-order valence-corrected chi connectivity index (χ3v) is 4.19. The Morgan fingerprint density at radius 3 is 2.50 bits per heavy atom. The highest BCUT2D eigenvalue weighted by atomic mass is 35.5. The number of alkyl halides is 4. The molecule has 0 bridgehead atoms. The zero-order valence-electron chi connectivity index (χ0n) is 10.5. The number of hydrogen-bond acceptors (Lipinski definition) is 1. The van der Waals surface area contributed by atoms with E-state index in [1.54, 1.807) is 25.1 Å². The second kappa shape index (κ2) is 4.28. The number of para-hydroxylation sites is 1. The second-order valence-corrected chi connectivity index (χ2v) is 6.12. The van der Waals surface area contributed by atoms with Crippen molar-refractivity contribution >= 4 is 34.2 Å². The van der Waals surface area contributed by atoms with Crippen LogP contribution in [0.3, 0.4) is 0 Å². The molecule has 1 saturated carbocycles. The Bertz CT molecular complexity index is 672. The Morgan fingerprint density at radius 2 is 2.00 bits per heavy atom. The van der Waals surface area contributed by atoms with Gasteiger partial charge in [-0.1, -0.05) is 17.7 Å². The van der Waals surface area contributed by atoms with E-state index in [0.29, 0.717) is 11.0 Å². The highest BCUT2D eigenvalue weighted by Crippen LogP contribution is 2.57. The molecule has 1 unspecified atom stereocenters. The van der Waals surface area contributed by atoms with Crippen LogP contribution in [0.4, 0.5) is 13.2 Å². The standard InChI is InChI=1S/C13H11Cl2F3N2/c1-7(14)11-19-9-4-2-3-8(15)10(9)20(11)12(5-6-12)13(16,17)18/h2-4,7H,5-6H2,1H3. The summed E-state index contributed by atoms with van der Waals surface area (Å²) in [4.78, 5) is 4.24. The third kappa shape index (κ3) is 1.83. The van der Waals surface area contributed by atoms with Crippen LogP contribution >= 0.6 is 23.2 Å². The second-order valence-electron chi connectivity index (χ2n) is 5.06. The number of imidazole rings is 1. The van der Waals surface area contributed by atoms with Crippen LogP contribution in [-0.2, 0) is 5.54 Å². The normalized spacial score (nSPS) is 19.3. The smallest absolute Gasteiger partial charge is 0.310 e. The van der Waals surface area contributed by atoms with Crippen molar-refractivity contribution in [2.45, 2.75) is 36.9 Å². The van der Waals surface area contributed by atoms with E-state index in [9.17, 15) is 13.2 Å². The maximum Gasteiger partial charge on any atom is 0.412 e. The predicted octanol–water partition coefficient (Wildman–Crippen LogP) is 5.04. The van der Waals surface area contributed by atoms with E-state index in [0.717, 1.165) is 0 Å². The van der Waals surface area contributed by atoms with Gasteiger partial charge in [0, 0.05) is 0 Å². The van der Waals surface area contributed by atoms with Crippen molar-refractivity contribution in [2.24, 2.45) is 0 Å². The lowest BCUT2D eigenvalue weighted by molar-refractivity contribution is -0.179. The number of aromatic nitrogens is 2. The van der Waals surface area contributed by atoms with Crippen LogP contribution in [0.5, 0.6) is 0 Å². The fourth-order valence-corrected chi connectivity index (χ4v) is 2.96. The average Bonchev–Trinajstić information content (AvgIpc) is 3.04. The van der Waals surface area contributed by atoms with Crippen molar-refractivity contribution in [1.82, 2.24) is 9.55 Å². The Balaban J connectivity index is 2.36. The fraction of sp³-hybridized carbons (Fsp3) is 0.462. The molecule has 1 heterocycles. The lowest BCUT2D eigenvalue weighted by atomic mass is 10.2. The van der Waals surface area contributed by atoms with Gasteiger partial charge < -0.3 is 4.57 Å². The SMILES string of the molecule is CC(Cl)c1nc2cccc(Cl)c2n1C1(C(F)(F)F)CC1. The molecule has 0 N–H and O–H groups in total. The molecule has 0 spiro atoms. The number of halogens is 5. The summed E-state index contributed by atoms with van der Waals surface area (Å²) in [6.07, 6.45) is -4.28. The summed E-state index contributed by atoms with van der Waals surface area (Å²) in [6, 6.07) is 4.88. The van der Waals surface area contributed by atoms with Gasteiger partial charge in [0.05, 0.1) is 21.4 Å². The molecule has 20 heavy (non-hydrogen) atoms. The molecular formula is C13H11Cl2F3N2. The van der Waals surface area contributed by atoms with E-state index in [1.807, 2.05) is 0 Å². The van der Waals surface area contributed by atoms with Crippen LogP contribution in [-0.4, -0.2) is 15.7 Å². The van der Waals surface area contributed by atoms with Gasteiger partial charge in [-0.3, -0.25) is 0 Å². The molecule has 2 aromatic rings. The van der Waals surface area contributed by atoms with Crippen molar-refractivity contribution in [3.05, 3.63) is 29.0 Å². The quantitative estimate of drug-likeness (QED) is 0.708. The molecule has 108 valence electrons. The number of rotatable bonds is 2. The van der Waals surface area contributed by atoms with Crippen molar-refractivity contribution < 1.29 is 13.2 Å². The Labute approximate surface area is 123 Å². The molecule has 2 nitrogen and oxygen atoms in total. The largest absolute Gasteiger partial charge is 0.412 e. The van der Waals surface area contributed by atoms with Crippen LogP contribution < -0.4 is 0 Å². The third-order valence-electron chi connectivity index (χ3n) is 3.69. The maximum absolute atomic E-state index is 13.4. The lowest BCUT2D eigenvalue weighted by Gasteiger charge is -2.24. The van der Waals surface area contributed by atoms with Gasteiger partial charge in [-0.15, -0.1) is 11.6 Å². The van der Waals surface area contributed by atoms with E-state index in [1.165, 1.54) is 4.57 Å². The highest BCUT2D eigenvalue weighted by molar-refractivity contribution is 6.35. The minimum absolute atomic E-state index is 0.0315. The van der Waals surface area contributed by atoms with Gasteiger partial charge in [-0.2, -0.15) is 13.2 Å². The summed E-state index contributed by atoms with van der Waals surface area (Å²) in [5, 5.41) is -0.368. The molecule has 1 fully saturated rings. The number of nitrogens with zero attached hydrogens (tertiary/aromatic N) is 2. The molecule has 1 atom stereocenters. The Kier molecular flexibility index (Phi) is 3.00. The van der Waals surface area contributed by atoms with E-state index in [2.05, 4.69) is 4.98 Å². The molecule has 0 saturated heterocycles. The summed E-state index contributed by atoms with van der Waals surface area (Å²) >= 11 is 12.1. The van der Waals surface area contributed by atoms with Crippen molar-refractivity contribution in [3.8, 4) is 0 Å². The molecule has 1 aliphatic carbocycles. The maximum atomic E-state index is 13.4. The van der Waals surface area contributed by atoms with Crippen LogP contribution in [0.1, 0.15) is 31.0 Å². The predicted molar refractivity (Wildman–Crippen MR) is 72.3 cm³/mol. The molecule has 0 aliphatic heterocycles. The minimum atomic E-state index is -4.35. The van der Waals surface area contributed by atoms with E-state index >= 15 is 0 Å². The van der Waals surface area contributed by atoms with Gasteiger partial charge in [0.2, 0.25) is 0 Å². The summed E-state index contributed by atoms with van der Waals surface area (Å²) in [5.74, 6) is 0.213. The molecule has 1 aromatic carbocycles. The van der Waals surface area contributed by atoms with Gasteiger partial charge in [-0.25, -0.2) is 4.98 Å². The molecule has 1 aliphatic rings. The zero-order valence-corrected chi connectivity index (χ0v) is 12.0. The first kappa shape index (κ1) is 14.0. The minimum Gasteiger partial charge on any atom is -0.310 e. The fourth-order valence-electron chi connectivity index (χ4n) is 2.56. The zero-order chi connectivity index (χ0) is 14.7. The van der Waals surface area contributed by atoms with Crippen LogP contribution in [0.15, 0.2) is 18.2 Å². The number of hydrogen-bond donors (Lipinski definition) is 0. The molecule has 1 aromatic heterocycles. The van der Waals surface area contributed by atoms with Crippen molar-refractivity contribution in [2.75, 3.05) is 0 Å². The van der Waals surface area contributed by atoms with Gasteiger partial charge in [0.15, 0.2) is 0 Å². The average molecular weight is 323 g/mol. The first-order valence-electron chi connectivity index (χ1n) is 6.16. The van der Waals surface area contributed by atoms with Gasteiger partial charge >= 0.3 is 6.18 Å². The van der Waals surface area contributed by atoms with Gasteiger partial charge in [0.25, 0.3) is 0 Å². The summed E-state index contributed by atoms with van der Waals surface area (Å²) in [5.41, 5.74) is -1.16. The first-order valence-corrected chi connectivity index (χ1v) is 6.97. The van der Waals surface area contributed by atoms with Crippen molar-refractivity contribution in [1.29, 1.82) is 0 Å². The van der Waals surface area contributed by atoms with Gasteiger partial charge in [-0.05, 0) is 31.9 Å². The summed E-state index contributed by atoms with van der Waals surface area (Å²) < 4.78 is 41.5. The molecule has 0 radical (unpaired) electrons.